The number of rotatable bonds is 3. The number of benzene rings is 2. The number of likely N-dealkylation sites (tertiary alicyclic amines) is 1. The zero-order valence-corrected chi connectivity index (χ0v) is 15.2. The predicted octanol–water partition coefficient (Wildman–Crippen LogP) is 3.83. The highest BCUT2D eigenvalue weighted by Crippen LogP contribution is 2.27. The highest BCUT2D eigenvalue weighted by atomic mass is 16.2. The van der Waals surface area contributed by atoms with E-state index in [2.05, 4.69) is 40.7 Å². The number of hydrogen-bond acceptors (Lipinski definition) is 2. The minimum Gasteiger partial charge on any atom is -0.331 e. The van der Waals surface area contributed by atoms with Gasteiger partial charge in [-0.15, -0.1) is 0 Å². The van der Waals surface area contributed by atoms with Gasteiger partial charge in [0.05, 0.1) is 12.2 Å². The van der Waals surface area contributed by atoms with Gasteiger partial charge in [0.25, 0.3) is 0 Å². The maximum absolute atomic E-state index is 12.7. The molecule has 134 valence electrons. The molecule has 1 aliphatic heterocycles. The third-order valence-corrected chi connectivity index (χ3v) is 5.29. The van der Waals surface area contributed by atoms with Crippen molar-refractivity contribution in [3.8, 4) is 0 Å². The summed E-state index contributed by atoms with van der Waals surface area (Å²) in [5, 5.41) is 9.80. The van der Waals surface area contributed by atoms with Crippen LogP contribution in [0.3, 0.4) is 0 Å². The van der Waals surface area contributed by atoms with E-state index in [4.69, 9.17) is 0 Å². The van der Waals surface area contributed by atoms with Crippen LogP contribution in [-0.4, -0.2) is 33.8 Å². The first kappa shape index (κ1) is 16.6. The molecule has 1 saturated heterocycles. The SMILES string of the molecule is CC(NC(=O)N1CCC(c2cnn(C)c2)C1)c1ccc2ccccc2c1. The zero-order chi connectivity index (χ0) is 18.1. The van der Waals surface area contributed by atoms with E-state index in [1.807, 2.05) is 48.1 Å². The number of amides is 2. The van der Waals surface area contributed by atoms with Crippen molar-refractivity contribution in [3.05, 3.63) is 66.0 Å². The van der Waals surface area contributed by atoms with Gasteiger partial charge in [-0.25, -0.2) is 4.79 Å². The molecule has 1 fully saturated rings. The molecule has 3 aromatic rings. The van der Waals surface area contributed by atoms with Gasteiger partial charge in [0.2, 0.25) is 0 Å². The van der Waals surface area contributed by atoms with Crippen LogP contribution in [0, 0.1) is 0 Å². The number of urea groups is 1. The van der Waals surface area contributed by atoms with Gasteiger partial charge < -0.3 is 10.2 Å². The van der Waals surface area contributed by atoms with Gasteiger partial charge in [-0.3, -0.25) is 4.68 Å². The lowest BCUT2D eigenvalue weighted by molar-refractivity contribution is 0.205. The first-order valence-electron chi connectivity index (χ1n) is 9.13. The van der Waals surface area contributed by atoms with Crippen LogP contribution in [0.25, 0.3) is 10.8 Å². The Labute approximate surface area is 153 Å². The minimum atomic E-state index is -0.0236. The van der Waals surface area contributed by atoms with Crippen molar-refractivity contribution in [2.45, 2.75) is 25.3 Å². The van der Waals surface area contributed by atoms with Crippen LogP contribution in [0.1, 0.15) is 36.4 Å². The fourth-order valence-electron chi connectivity index (χ4n) is 3.70. The maximum atomic E-state index is 12.7. The zero-order valence-electron chi connectivity index (χ0n) is 15.2. The summed E-state index contributed by atoms with van der Waals surface area (Å²) in [4.78, 5) is 14.6. The number of carbonyl (C=O) groups excluding carboxylic acids is 1. The Morgan fingerprint density at radius 2 is 2.04 bits per heavy atom. The lowest BCUT2D eigenvalue weighted by Crippen LogP contribution is -2.39. The Balaban J connectivity index is 1.40. The Hall–Kier alpha value is -2.82. The van der Waals surface area contributed by atoms with E-state index < -0.39 is 0 Å². The van der Waals surface area contributed by atoms with Crippen LogP contribution in [0.2, 0.25) is 0 Å². The molecule has 2 aromatic carbocycles. The quantitative estimate of drug-likeness (QED) is 0.782. The van der Waals surface area contributed by atoms with Crippen LogP contribution in [0.4, 0.5) is 4.79 Å². The maximum Gasteiger partial charge on any atom is 0.317 e. The van der Waals surface area contributed by atoms with Gasteiger partial charge >= 0.3 is 6.03 Å². The average molecular weight is 348 g/mol. The molecule has 0 spiro atoms. The van der Waals surface area contributed by atoms with Crippen molar-refractivity contribution in [3.63, 3.8) is 0 Å². The summed E-state index contributed by atoms with van der Waals surface area (Å²) in [5.41, 5.74) is 2.34. The summed E-state index contributed by atoms with van der Waals surface area (Å²) >= 11 is 0. The van der Waals surface area contributed by atoms with Gasteiger partial charge in [0.15, 0.2) is 0 Å². The van der Waals surface area contributed by atoms with Crippen molar-refractivity contribution in [2.75, 3.05) is 13.1 Å². The molecule has 2 heterocycles. The van der Waals surface area contributed by atoms with Gasteiger partial charge in [0.1, 0.15) is 0 Å². The smallest absolute Gasteiger partial charge is 0.317 e. The second-order valence-corrected chi connectivity index (χ2v) is 7.16. The Bertz CT molecular complexity index is 932. The fourth-order valence-corrected chi connectivity index (χ4v) is 3.70. The van der Waals surface area contributed by atoms with Gasteiger partial charge in [0, 0.05) is 32.3 Å². The van der Waals surface area contributed by atoms with E-state index in [1.54, 1.807) is 0 Å². The van der Waals surface area contributed by atoms with Crippen molar-refractivity contribution < 1.29 is 4.79 Å². The van der Waals surface area contributed by atoms with E-state index in [9.17, 15) is 4.79 Å². The molecule has 5 nitrogen and oxygen atoms in total. The summed E-state index contributed by atoms with van der Waals surface area (Å²) in [5.74, 6) is 0.380. The molecule has 5 heteroatoms. The van der Waals surface area contributed by atoms with Gasteiger partial charge in [-0.1, -0.05) is 36.4 Å². The molecule has 2 amide bonds. The molecule has 0 bridgehead atoms. The van der Waals surface area contributed by atoms with Crippen LogP contribution in [-0.2, 0) is 7.05 Å². The molecule has 1 aliphatic rings. The molecule has 4 rings (SSSR count). The molecule has 0 radical (unpaired) electrons. The standard InChI is InChI=1S/C21H24N4O/c1-15(17-8-7-16-5-3-4-6-18(16)11-17)23-21(26)25-10-9-19(14-25)20-12-22-24(2)13-20/h3-8,11-13,15,19H,9-10,14H2,1-2H3,(H,23,26). The Morgan fingerprint density at radius 1 is 1.23 bits per heavy atom. The first-order valence-corrected chi connectivity index (χ1v) is 9.13. The topological polar surface area (TPSA) is 50.2 Å². The molecule has 1 aromatic heterocycles. The van der Waals surface area contributed by atoms with Crippen LogP contribution in [0.15, 0.2) is 54.9 Å². The van der Waals surface area contributed by atoms with Gasteiger partial charge in [-0.2, -0.15) is 5.10 Å². The van der Waals surface area contributed by atoms with E-state index in [-0.39, 0.29) is 12.1 Å². The number of nitrogens with zero attached hydrogens (tertiary/aromatic N) is 3. The van der Waals surface area contributed by atoms with Gasteiger partial charge in [-0.05, 0) is 41.3 Å². The highest BCUT2D eigenvalue weighted by Gasteiger charge is 2.28. The molecule has 2 unspecified atom stereocenters. The number of fused-ring (bicyclic) bond motifs is 1. The van der Waals surface area contributed by atoms with Crippen LogP contribution in [0.5, 0.6) is 0 Å². The van der Waals surface area contributed by atoms with Crippen molar-refractivity contribution >= 4 is 16.8 Å². The Kier molecular flexibility index (Phi) is 4.37. The number of hydrogen-bond donors (Lipinski definition) is 1. The number of aryl methyl sites for hydroxylation is 1. The fraction of sp³-hybridized carbons (Fsp3) is 0.333. The summed E-state index contributed by atoms with van der Waals surface area (Å²) in [7, 11) is 1.92. The molecular weight excluding hydrogens is 324 g/mol. The summed E-state index contributed by atoms with van der Waals surface area (Å²) < 4.78 is 1.82. The summed E-state index contributed by atoms with van der Waals surface area (Å²) in [6.45, 7) is 3.58. The Morgan fingerprint density at radius 3 is 2.81 bits per heavy atom. The van der Waals surface area contributed by atoms with Crippen molar-refractivity contribution in [2.24, 2.45) is 7.05 Å². The van der Waals surface area contributed by atoms with Crippen LogP contribution >= 0.6 is 0 Å². The van der Waals surface area contributed by atoms with E-state index >= 15 is 0 Å². The highest BCUT2D eigenvalue weighted by molar-refractivity contribution is 5.83. The third-order valence-electron chi connectivity index (χ3n) is 5.29. The number of aromatic nitrogens is 2. The second kappa shape index (κ2) is 6.83. The molecule has 2 atom stereocenters. The number of nitrogens with one attached hydrogen (secondary N) is 1. The molecule has 0 aliphatic carbocycles. The summed E-state index contributed by atoms with van der Waals surface area (Å²) in [6, 6.07) is 14.6. The van der Waals surface area contributed by atoms with E-state index in [0.29, 0.717) is 5.92 Å². The second-order valence-electron chi connectivity index (χ2n) is 7.16. The first-order chi connectivity index (χ1) is 12.6. The molecular formula is C21H24N4O. The van der Waals surface area contributed by atoms with E-state index in [0.717, 1.165) is 25.1 Å². The third kappa shape index (κ3) is 3.29. The van der Waals surface area contributed by atoms with Crippen molar-refractivity contribution in [1.29, 1.82) is 0 Å². The van der Waals surface area contributed by atoms with Crippen molar-refractivity contribution in [1.82, 2.24) is 20.0 Å². The minimum absolute atomic E-state index is 0.0112. The van der Waals surface area contributed by atoms with Crippen LogP contribution < -0.4 is 5.32 Å². The molecule has 0 saturated carbocycles. The monoisotopic (exact) mass is 348 g/mol. The lowest BCUT2D eigenvalue weighted by Gasteiger charge is -2.21. The lowest BCUT2D eigenvalue weighted by atomic mass is 10.0. The van der Waals surface area contributed by atoms with E-state index in [1.165, 1.54) is 16.3 Å². The summed E-state index contributed by atoms with van der Waals surface area (Å²) in [6.07, 6.45) is 4.94. The number of carbonyl (C=O) groups is 1. The molecule has 1 N–H and O–H groups in total. The normalized spacial score (nSPS) is 18.2. The predicted molar refractivity (Wildman–Crippen MR) is 103 cm³/mol. The molecule has 26 heavy (non-hydrogen) atoms. The largest absolute Gasteiger partial charge is 0.331 e. The average Bonchev–Trinajstić information content (AvgIpc) is 3.30.